The Morgan fingerprint density at radius 2 is 1.91 bits per heavy atom. The summed E-state index contributed by atoms with van der Waals surface area (Å²) in [4.78, 5) is 10.7. The number of aryl methyl sites for hydroxylation is 1. The summed E-state index contributed by atoms with van der Waals surface area (Å²) in [5.74, 6) is 0.954. The number of likely N-dealkylation sites (N-methyl/N-ethyl adjacent to an activating group) is 1. The first-order valence-electron chi connectivity index (χ1n) is 7.90. The summed E-state index contributed by atoms with van der Waals surface area (Å²) in [6.45, 7) is 5.99. The molecule has 3 heterocycles. The number of aliphatic imine (C=N–C) groups is 1. The summed E-state index contributed by atoms with van der Waals surface area (Å²) >= 11 is 1.58. The molecule has 1 fully saturated rings. The second kappa shape index (κ2) is 5.72. The number of nitrogens with one attached hydrogen (secondary N) is 1. The van der Waals surface area contributed by atoms with Gasteiger partial charge in [0.1, 0.15) is 11.5 Å². The number of piperazine rings is 1. The molecule has 1 saturated heterocycles. The van der Waals surface area contributed by atoms with Gasteiger partial charge in [0, 0.05) is 37.1 Å². The van der Waals surface area contributed by atoms with Crippen LogP contribution in [0.1, 0.15) is 10.4 Å². The zero-order valence-electron chi connectivity index (χ0n) is 13.4. The largest absolute Gasteiger partial charge is 0.623 e. The van der Waals surface area contributed by atoms with Crippen LogP contribution < -0.4 is 5.06 Å². The lowest BCUT2D eigenvalue weighted by atomic mass is 10.2. The van der Waals surface area contributed by atoms with Crippen molar-refractivity contribution in [2.24, 2.45) is 4.99 Å². The van der Waals surface area contributed by atoms with Crippen molar-refractivity contribution in [1.82, 2.24) is 9.80 Å². The molecular weight excluding hydrogens is 308 g/mol. The number of fused-ring (bicyclic) bond motifs is 2. The van der Waals surface area contributed by atoms with E-state index in [9.17, 15) is 5.21 Å². The van der Waals surface area contributed by atoms with Gasteiger partial charge in [0.05, 0.1) is 5.56 Å². The monoisotopic (exact) mass is 328 g/mol. The Kier molecular flexibility index (Phi) is 3.69. The lowest BCUT2D eigenvalue weighted by Crippen LogP contribution is -2.96. The Hall–Kier alpha value is -1.73. The molecule has 0 saturated carbocycles. The van der Waals surface area contributed by atoms with Gasteiger partial charge < -0.3 is 15.0 Å². The second-order valence-corrected chi connectivity index (χ2v) is 7.43. The van der Waals surface area contributed by atoms with Crippen LogP contribution in [0.15, 0.2) is 35.3 Å². The van der Waals surface area contributed by atoms with Gasteiger partial charge in [-0.25, -0.2) is 4.99 Å². The first-order valence-corrected chi connectivity index (χ1v) is 8.72. The van der Waals surface area contributed by atoms with Crippen LogP contribution >= 0.6 is 11.3 Å². The van der Waals surface area contributed by atoms with Crippen LogP contribution in [0.25, 0.3) is 0 Å². The smallest absolute Gasteiger partial charge is 0.203 e. The Bertz CT molecular complexity index is 762. The van der Waals surface area contributed by atoms with Gasteiger partial charge in [-0.3, -0.25) is 5.06 Å². The molecule has 1 unspecified atom stereocenters. The van der Waals surface area contributed by atoms with Gasteiger partial charge in [-0.1, -0.05) is 23.5 Å². The van der Waals surface area contributed by atoms with Crippen LogP contribution in [-0.4, -0.2) is 48.9 Å². The van der Waals surface area contributed by atoms with Crippen LogP contribution in [0.3, 0.4) is 0 Å². The molecule has 0 radical (unpaired) electrons. The maximum absolute atomic E-state index is 12.9. The topological polar surface area (TPSA) is 46.3 Å². The van der Waals surface area contributed by atoms with E-state index in [2.05, 4.69) is 29.8 Å². The van der Waals surface area contributed by atoms with Crippen molar-refractivity contribution in [3.05, 3.63) is 46.0 Å². The quantitative estimate of drug-likeness (QED) is 0.753. The predicted molar refractivity (Wildman–Crippen MR) is 94.4 cm³/mol. The van der Waals surface area contributed by atoms with Crippen LogP contribution in [0, 0.1) is 12.1 Å². The fraction of sp³-hybridized carbons (Fsp3) is 0.353. The minimum Gasteiger partial charge on any atom is -0.623 e. The standard InChI is InChI=1S/C17H20N4OS/c1-12-11-13-16(20-9-7-19(2)8-10-20)18-14-5-3-4-6-15(14)21(22)17(13)23-12/h3-6,11,21H,7-10H2,1-2H3. The predicted octanol–water partition coefficient (Wildman–Crippen LogP) is 2.04. The van der Waals surface area contributed by atoms with Gasteiger partial charge in [0.2, 0.25) is 5.00 Å². The molecular formula is C17H20N4OS. The summed E-state index contributed by atoms with van der Waals surface area (Å²) in [5.41, 5.74) is 2.49. The Balaban J connectivity index is 1.85. The van der Waals surface area contributed by atoms with Gasteiger partial charge in [-0.05, 0) is 26.1 Å². The molecule has 6 heteroatoms. The molecule has 5 nitrogen and oxygen atoms in total. The third-order valence-corrected chi connectivity index (χ3v) is 5.53. The molecule has 120 valence electrons. The van der Waals surface area contributed by atoms with E-state index in [0.717, 1.165) is 53.1 Å². The number of para-hydroxylation sites is 2. The minimum atomic E-state index is 0.0987. The molecule has 1 atom stereocenters. The van der Waals surface area contributed by atoms with Crippen LogP contribution in [0.5, 0.6) is 0 Å². The van der Waals surface area contributed by atoms with Crippen molar-refractivity contribution in [1.29, 1.82) is 0 Å². The fourth-order valence-corrected chi connectivity index (χ4v) is 4.13. The molecule has 1 N–H and O–H groups in total. The first kappa shape index (κ1) is 14.8. The van der Waals surface area contributed by atoms with Crippen LogP contribution in [0.2, 0.25) is 0 Å². The van der Waals surface area contributed by atoms with Crippen molar-refractivity contribution in [2.75, 3.05) is 33.2 Å². The Morgan fingerprint density at radius 3 is 2.70 bits per heavy atom. The third-order valence-electron chi connectivity index (χ3n) is 4.48. The molecule has 2 aromatic rings. The first-order chi connectivity index (χ1) is 11.1. The highest BCUT2D eigenvalue weighted by Gasteiger charge is 2.29. The van der Waals surface area contributed by atoms with E-state index in [0.29, 0.717) is 5.69 Å². The van der Waals surface area contributed by atoms with Crippen molar-refractivity contribution in [3.8, 4) is 0 Å². The fourth-order valence-electron chi connectivity index (χ4n) is 3.17. The molecule has 2 aliphatic rings. The molecule has 0 bridgehead atoms. The molecule has 1 aromatic carbocycles. The highest BCUT2D eigenvalue weighted by molar-refractivity contribution is 7.15. The zero-order chi connectivity index (χ0) is 16.0. The van der Waals surface area contributed by atoms with Crippen LogP contribution in [0.4, 0.5) is 16.4 Å². The number of thiophene rings is 1. The van der Waals surface area contributed by atoms with E-state index < -0.39 is 0 Å². The molecule has 0 spiro atoms. The lowest BCUT2D eigenvalue weighted by molar-refractivity contribution is -0.694. The van der Waals surface area contributed by atoms with Crippen molar-refractivity contribution in [3.63, 3.8) is 0 Å². The molecule has 0 aliphatic carbocycles. The van der Waals surface area contributed by atoms with Gasteiger partial charge in [0.25, 0.3) is 0 Å². The number of rotatable bonds is 0. The number of hydrogen-bond acceptors (Lipinski definition) is 5. The maximum atomic E-state index is 12.9. The van der Waals surface area contributed by atoms with Gasteiger partial charge >= 0.3 is 0 Å². The zero-order valence-corrected chi connectivity index (χ0v) is 14.2. The van der Waals surface area contributed by atoms with E-state index >= 15 is 0 Å². The third kappa shape index (κ3) is 2.57. The van der Waals surface area contributed by atoms with E-state index in [1.54, 1.807) is 11.3 Å². The Morgan fingerprint density at radius 1 is 1.17 bits per heavy atom. The maximum Gasteiger partial charge on any atom is 0.203 e. The number of amidine groups is 1. The van der Waals surface area contributed by atoms with E-state index in [1.807, 2.05) is 24.3 Å². The summed E-state index contributed by atoms with van der Waals surface area (Å²) < 4.78 is 0. The summed E-state index contributed by atoms with van der Waals surface area (Å²) in [6.07, 6.45) is 0. The minimum absolute atomic E-state index is 0.0987. The average molecular weight is 328 g/mol. The van der Waals surface area contributed by atoms with E-state index in [4.69, 9.17) is 4.99 Å². The lowest BCUT2D eigenvalue weighted by Gasteiger charge is -2.34. The molecule has 23 heavy (non-hydrogen) atoms. The van der Waals surface area contributed by atoms with Crippen molar-refractivity contribution >= 4 is 33.5 Å². The normalized spacial score (nSPS) is 21.4. The second-order valence-electron chi connectivity index (χ2n) is 6.17. The number of benzene rings is 1. The van der Waals surface area contributed by atoms with Crippen LogP contribution in [-0.2, 0) is 0 Å². The van der Waals surface area contributed by atoms with Gasteiger partial charge in [0.15, 0.2) is 5.69 Å². The molecule has 1 aromatic heterocycles. The summed E-state index contributed by atoms with van der Waals surface area (Å²) in [7, 11) is 2.14. The molecule has 4 rings (SSSR count). The number of quaternary nitrogens is 1. The summed E-state index contributed by atoms with van der Waals surface area (Å²) in [5, 5.41) is 13.9. The number of hydrogen-bond donors (Lipinski definition) is 1. The molecule has 0 amide bonds. The van der Waals surface area contributed by atoms with Crippen molar-refractivity contribution < 1.29 is 5.06 Å². The van der Waals surface area contributed by atoms with Gasteiger partial charge in [-0.15, -0.1) is 0 Å². The molecule has 2 aliphatic heterocycles. The number of nitrogens with zero attached hydrogens (tertiary/aromatic N) is 3. The highest BCUT2D eigenvalue weighted by Crippen LogP contribution is 2.34. The van der Waals surface area contributed by atoms with E-state index in [-0.39, 0.29) is 5.06 Å². The average Bonchev–Trinajstić information content (AvgIpc) is 2.90. The van der Waals surface area contributed by atoms with E-state index in [1.165, 1.54) is 0 Å². The highest BCUT2D eigenvalue weighted by atomic mass is 32.1. The SMILES string of the molecule is Cc1cc2c(s1)[NH+]([O-])c1ccccc1N=C2N1CCN(C)CC1. The Labute approximate surface area is 140 Å². The van der Waals surface area contributed by atoms with Crippen molar-refractivity contribution in [2.45, 2.75) is 6.92 Å². The summed E-state index contributed by atoms with van der Waals surface area (Å²) in [6, 6.07) is 9.79. The van der Waals surface area contributed by atoms with Gasteiger partial charge in [-0.2, -0.15) is 0 Å².